The first kappa shape index (κ1) is 11.3. The van der Waals surface area contributed by atoms with E-state index in [2.05, 4.69) is 31.2 Å². The van der Waals surface area contributed by atoms with Gasteiger partial charge in [0.25, 0.3) is 0 Å². The molecule has 76 valence electrons. The molecule has 1 unspecified atom stereocenters. The lowest BCUT2D eigenvalue weighted by atomic mass is 10.1. The van der Waals surface area contributed by atoms with Crippen molar-refractivity contribution in [2.75, 3.05) is 5.75 Å². The van der Waals surface area contributed by atoms with Gasteiger partial charge in [-0.25, -0.2) is 0 Å². The lowest BCUT2D eigenvalue weighted by Crippen LogP contribution is -2.08. The highest BCUT2D eigenvalue weighted by atomic mass is 32.2. The number of ketones is 1. The molecule has 0 aliphatic rings. The predicted molar refractivity (Wildman–Crippen MR) is 61.7 cm³/mol. The number of carbonyl (C=O) groups excluding carboxylic acids is 1. The average Bonchev–Trinajstić information content (AvgIpc) is 2.16. The topological polar surface area (TPSA) is 17.1 Å². The fourth-order valence-electron chi connectivity index (χ4n) is 0.973. The Hall–Kier alpha value is -0.760. The highest BCUT2D eigenvalue weighted by Gasteiger charge is 2.07. The van der Waals surface area contributed by atoms with Crippen LogP contribution in [0.3, 0.4) is 0 Å². The molecule has 1 rings (SSSR count). The summed E-state index contributed by atoms with van der Waals surface area (Å²) in [5.41, 5.74) is 1.27. The molecule has 0 aliphatic carbocycles. The van der Waals surface area contributed by atoms with Crippen LogP contribution in [0.25, 0.3) is 0 Å². The van der Waals surface area contributed by atoms with E-state index in [4.69, 9.17) is 0 Å². The highest BCUT2D eigenvalue weighted by Crippen LogP contribution is 2.21. The van der Waals surface area contributed by atoms with Crippen molar-refractivity contribution in [2.24, 2.45) is 5.92 Å². The molecule has 0 fully saturated rings. The van der Waals surface area contributed by atoms with E-state index in [0.717, 1.165) is 5.75 Å². The number of thioether (sulfide) groups is 1. The minimum Gasteiger partial charge on any atom is -0.300 e. The van der Waals surface area contributed by atoms with Crippen LogP contribution in [-0.2, 0) is 4.79 Å². The monoisotopic (exact) mass is 208 g/mol. The van der Waals surface area contributed by atoms with Gasteiger partial charge in [-0.3, -0.25) is 4.79 Å². The molecule has 0 saturated carbocycles. The Balaban J connectivity index is 2.46. The van der Waals surface area contributed by atoms with Crippen LogP contribution in [0.5, 0.6) is 0 Å². The summed E-state index contributed by atoms with van der Waals surface area (Å²) >= 11 is 1.74. The van der Waals surface area contributed by atoms with E-state index < -0.39 is 0 Å². The Bertz CT molecular complexity index is 303. The van der Waals surface area contributed by atoms with Gasteiger partial charge in [-0.1, -0.05) is 24.6 Å². The molecule has 0 bridgehead atoms. The summed E-state index contributed by atoms with van der Waals surface area (Å²) in [5.74, 6) is 1.30. The Morgan fingerprint density at radius 1 is 1.36 bits per heavy atom. The van der Waals surface area contributed by atoms with E-state index in [1.54, 1.807) is 18.7 Å². The lowest BCUT2D eigenvalue weighted by Gasteiger charge is -2.06. The summed E-state index contributed by atoms with van der Waals surface area (Å²) in [5, 5.41) is 0. The molecule has 2 heteroatoms. The predicted octanol–water partition coefficient (Wildman–Crippen LogP) is 3.31. The molecule has 1 nitrogen and oxygen atoms in total. The molecule has 0 heterocycles. The average molecular weight is 208 g/mol. The summed E-state index contributed by atoms with van der Waals surface area (Å²) in [4.78, 5) is 12.2. The van der Waals surface area contributed by atoms with Crippen molar-refractivity contribution < 1.29 is 4.79 Å². The van der Waals surface area contributed by atoms with E-state index in [0.29, 0.717) is 0 Å². The lowest BCUT2D eigenvalue weighted by molar-refractivity contribution is -0.119. The zero-order chi connectivity index (χ0) is 10.6. The number of hydrogen-bond donors (Lipinski definition) is 0. The van der Waals surface area contributed by atoms with Crippen molar-refractivity contribution in [1.82, 2.24) is 0 Å². The third-order valence-electron chi connectivity index (χ3n) is 2.21. The maximum absolute atomic E-state index is 11.0. The van der Waals surface area contributed by atoms with Gasteiger partial charge in [0.15, 0.2) is 0 Å². The molecular formula is C12H16OS. The van der Waals surface area contributed by atoms with Crippen molar-refractivity contribution >= 4 is 17.5 Å². The molecule has 0 aliphatic heterocycles. The Kier molecular flexibility index (Phi) is 4.21. The van der Waals surface area contributed by atoms with Crippen molar-refractivity contribution in [3.05, 3.63) is 29.8 Å². The first-order valence-corrected chi connectivity index (χ1v) is 5.78. The molecule has 0 saturated heterocycles. The Morgan fingerprint density at radius 3 is 2.43 bits per heavy atom. The van der Waals surface area contributed by atoms with E-state index >= 15 is 0 Å². The van der Waals surface area contributed by atoms with Crippen LogP contribution in [-0.4, -0.2) is 11.5 Å². The van der Waals surface area contributed by atoms with Crippen molar-refractivity contribution in [3.8, 4) is 0 Å². The Labute approximate surface area is 89.9 Å². The Morgan fingerprint density at radius 2 is 1.93 bits per heavy atom. The molecule has 14 heavy (non-hydrogen) atoms. The zero-order valence-corrected chi connectivity index (χ0v) is 9.73. The minimum atomic E-state index is 0.154. The number of benzene rings is 1. The van der Waals surface area contributed by atoms with Crippen molar-refractivity contribution in [1.29, 1.82) is 0 Å². The van der Waals surface area contributed by atoms with Gasteiger partial charge >= 0.3 is 0 Å². The van der Waals surface area contributed by atoms with E-state index in [1.165, 1.54) is 10.5 Å². The quantitative estimate of drug-likeness (QED) is 0.706. The minimum absolute atomic E-state index is 0.154. The number of carbonyl (C=O) groups is 1. The molecule has 0 radical (unpaired) electrons. The summed E-state index contributed by atoms with van der Waals surface area (Å²) in [7, 11) is 0. The maximum atomic E-state index is 11.0. The molecule has 0 N–H and O–H groups in total. The SMILES string of the molecule is CC(=O)C(C)CSc1ccc(C)cc1. The van der Waals surface area contributed by atoms with Crippen LogP contribution in [0.2, 0.25) is 0 Å². The van der Waals surface area contributed by atoms with E-state index in [-0.39, 0.29) is 11.7 Å². The van der Waals surface area contributed by atoms with E-state index in [1.807, 2.05) is 6.92 Å². The number of hydrogen-bond acceptors (Lipinski definition) is 2. The van der Waals surface area contributed by atoms with Crippen LogP contribution in [0.1, 0.15) is 19.4 Å². The summed E-state index contributed by atoms with van der Waals surface area (Å²) in [6, 6.07) is 8.40. The second kappa shape index (κ2) is 5.20. The number of rotatable bonds is 4. The third kappa shape index (κ3) is 3.54. The van der Waals surface area contributed by atoms with Crippen molar-refractivity contribution in [3.63, 3.8) is 0 Å². The maximum Gasteiger partial charge on any atom is 0.133 e. The van der Waals surface area contributed by atoms with Gasteiger partial charge in [-0.15, -0.1) is 11.8 Å². The second-order valence-corrected chi connectivity index (χ2v) is 4.73. The van der Waals surface area contributed by atoms with Gasteiger partial charge in [-0.05, 0) is 26.0 Å². The largest absolute Gasteiger partial charge is 0.300 e. The van der Waals surface area contributed by atoms with Gasteiger partial charge < -0.3 is 0 Å². The second-order valence-electron chi connectivity index (χ2n) is 3.64. The van der Waals surface area contributed by atoms with Crippen LogP contribution in [0.4, 0.5) is 0 Å². The number of Topliss-reactive ketones (excluding diaryl/α,β-unsaturated/α-hetero) is 1. The van der Waals surface area contributed by atoms with Crippen molar-refractivity contribution in [2.45, 2.75) is 25.7 Å². The van der Waals surface area contributed by atoms with Crippen LogP contribution < -0.4 is 0 Å². The smallest absolute Gasteiger partial charge is 0.133 e. The first-order chi connectivity index (χ1) is 6.59. The summed E-state index contributed by atoms with van der Waals surface area (Å²) in [6.45, 7) is 5.70. The molecule has 1 atom stereocenters. The molecule has 1 aromatic carbocycles. The standard InChI is InChI=1S/C12H16OS/c1-9-4-6-12(7-5-9)14-8-10(2)11(3)13/h4-7,10H,8H2,1-3H3. The first-order valence-electron chi connectivity index (χ1n) is 4.79. The van der Waals surface area contributed by atoms with Gasteiger partial charge in [0.1, 0.15) is 5.78 Å². The number of aryl methyl sites for hydroxylation is 1. The molecule has 0 spiro atoms. The van der Waals surface area contributed by atoms with Gasteiger partial charge in [0, 0.05) is 16.6 Å². The van der Waals surface area contributed by atoms with E-state index in [9.17, 15) is 4.79 Å². The molecule has 0 aromatic heterocycles. The zero-order valence-electron chi connectivity index (χ0n) is 8.91. The van der Waals surface area contributed by atoms with Gasteiger partial charge in [0.2, 0.25) is 0 Å². The van der Waals surface area contributed by atoms with Crippen LogP contribution in [0.15, 0.2) is 29.2 Å². The van der Waals surface area contributed by atoms with Crippen LogP contribution >= 0.6 is 11.8 Å². The molecule has 1 aromatic rings. The fraction of sp³-hybridized carbons (Fsp3) is 0.417. The fourth-order valence-corrected chi connectivity index (χ4v) is 1.98. The van der Waals surface area contributed by atoms with Gasteiger partial charge in [0.05, 0.1) is 0 Å². The van der Waals surface area contributed by atoms with Crippen LogP contribution in [0, 0.1) is 12.8 Å². The normalized spacial score (nSPS) is 12.5. The summed E-state index contributed by atoms with van der Waals surface area (Å²) < 4.78 is 0. The molecular weight excluding hydrogens is 192 g/mol. The molecule has 0 amide bonds. The van der Waals surface area contributed by atoms with Gasteiger partial charge in [-0.2, -0.15) is 0 Å². The summed E-state index contributed by atoms with van der Waals surface area (Å²) in [6.07, 6.45) is 0. The third-order valence-corrected chi connectivity index (χ3v) is 3.49. The highest BCUT2D eigenvalue weighted by molar-refractivity contribution is 7.99.